The van der Waals surface area contributed by atoms with Crippen LogP contribution >= 0.6 is 0 Å². The Balaban J connectivity index is 1.52. The van der Waals surface area contributed by atoms with E-state index in [4.69, 9.17) is 0 Å². The van der Waals surface area contributed by atoms with E-state index in [2.05, 4.69) is 51.2 Å². The van der Waals surface area contributed by atoms with Crippen LogP contribution in [0.2, 0.25) is 0 Å². The summed E-state index contributed by atoms with van der Waals surface area (Å²) in [5.74, 6) is 1.25. The van der Waals surface area contributed by atoms with E-state index in [0.29, 0.717) is 23.9 Å². The van der Waals surface area contributed by atoms with Crippen LogP contribution in [-0.2, 0) is 18.4 Å². The lowest BCUT2D eigenvalue weighted by molar-refractivity contribution is -0.384. The maximum Gasteiger partial charge on any atom is 0.270 e. The van der Waals surface area contributed by atoms with Crippen molar-refractivity contribution < 1.29 is 10.0 Å². The molecule has 2 aromatic carbocycles. The van der Waals surface area contributed by atoms with Crippen molar-refractivity contribution >= 4 is 5.69 Å². The summed E-state index contributed by atoms with van der Waals surface area (Å²) in [5.41, 5.74) is 5.44. The predicted octanol–water partition coefficient (Wildman–Crippen LogP) is 6.22. The van der Waals surface area contributed by atoms with Crippen molar-refractivity contribution in [1.82, 2.24) is 5.32 Å². The van der Waals surface area contributed by atoms with Crippen LogP contribution < -0.4 is 5.32 Å². The maximum absolute atomic E-state index is 11.1. The minimum absolute atomic E-state index is 0.0145. The molecule has 1 saturated carbocycles. The number of aromatic hydroxyl groups is 1. The molecule has 3 unspecified atom stereocenters. The van der Waals surface area contributed by atoms with Gasteiger partial charge in [-0.2, -0.15) is 0 Å². The molecule has 0 amide bonds. The molecule has 32 heavy (non-hydrogen) atoms. The van der Waals surface area contributed by atoms with Gasteiger partial charge in [-0.15, -0.1) is 0 Å². The Labute approximate surface area is 191 Å². The summed E-state index contributed by atoms with van der Waals surface area (Å²) in [6, 6.07) is 11.4. The first-order valence-corrected chi connectivity index (χ1v) is 11.9. The average molecular weight is 437 g/mol. The number of hydrogen-bond donors (Lipinski definition) is 2. The molecule has 0 aliphatic heterocycles. The number of nitro benzene ring substituents is 1. The molecule has 0 aromatic heterocycles. The number of fused-ring (bicyclic) bond motifs is 3. The summed E-state index contributed by atoms with van der Waals surface area (Å²) in [4.78, 5) is 10.7. The number of aryl methyl sites for hydroxylation is 1. The van der Waals surface area contributed by atoms with Crippen LogP contribution in [0.4, 0.5) is 5.69 Å². The number of phenols is 1. The Morgan fingerprint density at radius 3 is 2.69 bits per heavy atom. The van der Waals surface area contributed by atoms with Crippen LogP contribution in [-0.4, -0.2) is 16.6 Å². The quantitative estimate of drug-likeness (QED) is 0.416. The molecule has 0 radical (unpaired) electrons. The molecular weight excluding hydrogens is 400 g/mol. The summed E-state index contributed by atoms with van der Waals surface area (Å²) < 4.78 is 0. The number of non-ortho nitro benzene ring substituents is 1. The Morgan fingerprint density at radius 1 is 1.19 bits per heavy atom. The molecule has 2 aliphatic rings. The summed E-state index contributed by atoms with van der Waals surface area (Å²) >= 11 is 0. The van der Waals surface area contributed by atoms with Crippen LogP contribution in [0.15, 0.2) is 36.4 Å². The molecule has 1 fully saturated rings. The zero-order valence-corrected chi connectivity index (χ0v) is 19.8. The van der Waals surface area contributed by atoms with E-state index in [-0.39, 0.29) is 22.3 Å². The number of rotatable bonds is 6. The number of benzene rings is 2. The topological polar surface area (TPSA) is 75.4 Å². The number of nitro groups is 1. The zero-order chi connectivity index (χ0) is 23.1. The molecule has 3 atom stereocenters. The van der Waals surface area contributed by atoms with Crippen LogP contribution in [0.1, 0.15) is 81.5 Å². The molecule has 4 rings (SSSR count). The van der Waals surface area contributed by atoms with E-state index >= 15 is 0 Å². The molecule has 2 aromatic rings. The maximum atomic E-state index is 11.1. The number of hydrogen-bond acceptors (Lipinski definition) is 4. The lowest BCUT2D eigenvalue weighted by atomic mass is 9.49. The van der Waals surface area contributed by atoms with Gasteiger partial charge in [-0.3, -0.25) is 10.1 Å². The first-order chi connectivity index (χ1) is 15.1. The van der Waals surface area contributed by atoms with Gasteiger partial charge in [0.15, 0.2) is 0 Å². The summed E-state index contributed by atoms with van der Waals surface area (Å²) in [6.07, 6.45) is 5.95. The molecule has 5 nitrogen and oxygen atoms in total. The van der Waals surface area contributed by atoms with Gasteiger partial charge < -0.3 is 10.4 Å². The van der Waals surface area contributed by atoms with Gasteiger partial charge in [0.1, 0.15) is 5.75 Å². The van der Waals surface area contributed by atoms with Crippen molar-refractivity contribution in [3.05, 3.63) is 68.8 Å². The smallest absolute Gasteiger partial charge is 0.270 e. The Bertz CT molecular complexity index is 1020. The van der Waals surface area contributed by atoms with Crippen molar-refractivity contribution in [2.24, 2.45) is 11.3 Å². The fraction of sp³-hybridized carbons (Fsp3) is 0.556. The van der Waals surface area contributed by atoms with Gasteiger partial charge in [0.05, 0.1) is 4.92 Å². The fourth-order valence-corrected chi connectivity index (χ4v) is 6.52. The zero-order valence-electron chi connectivity index (χ0n) is 19.8. The van der Waals surface area contributed by atoms with Gasteiger partial charge >= 0.3 is 0 Å². The van der Waals surface area contributed by atoms with Gasteiger partial charge in [0.2, 0.25) is 0 Å². The summed E-state index contributed by atoms with van der Waals surface area (Å²) in [5, 5.41) is 24.8. The Hall–Kier alpha value is -2.40. The molecular formula is C27H36N2O3. The summed E-state index contributed by atoms with van der Waals surface area (Å²) in [6.45, 7) is 10.7. The highest BCUT2D eigenvalue weighted by Crippen LogP contribution is 2.57. The molecule has 0 heterocycles. The third kappa shape index (κ3) is 4.03. The van der Waals surface area contributed by atoms with Gasteiger partial charge in [0, 0.05) is 30.8 Å². The largest absolute Gasteiger partial charge is 0.508 e. The summed E-state index contributed by atoms with van der Waals surface area (Å²) in [7, 11) is 0. The Kier molecular flexibility index (Phi) is 6.06. The van der Waals surface area contributed by atoms with Gasteiger partial charge in [0.25, 0.3) is 5.69 Å². The average Bonchev–Trinajstić information content (AvgIpc) is 2.74. The van der Waals surface area contributed by atoms with E-state index in [1.807, 2.05) is 0 Å². The van der Waals surface area contributed by atoms with Crippen LogP contribution in [0.3, 0.4) is 0 Å². The lowest BCUT2D eigenvalue weighted by Crippen LogP contribution is -2.52. The van der Waals surface area contributed by atoms with E-state index < -0.39 is 4.92 Å². The molecule has 0 saturated heterocycles. The highest BCUT2D eigenvalue weighted by Gasteiger charge is 2.51. The van der Waals surface area contributed by atoms with Crippen molar-refractivity contribution in [2.75, 3.05) is 6.54 Å². The standard InChI is InChI=1S/C27H36N2O3/c1-18(2)19-6-9-23-20(14-19)7-11-25-26(3,12-5-13-27(23,25)4)17-28-16-21-15-22(29(31)32)8-10-24(21)30/h6,8-10,14-15,18,25,28,30H,5,7,11-13,16-17H2,1-4H3. The number of phenolic OH excluding ortho intramolecular Hbond substituents is 1. The minimum atomic E-state index is -0.416. The lowest BCUT2D eigenvalue weighted by Gasteiger charge is -2.55. The normalized spacial score (nSPS) is 27.1. The second-order valence-electron chi connectivity index (χ2n) is 10.8. The second kappa shape index (κ2) is 8.51. The Morgan fingerprint density at radius 2 is 1.97 bits per heavy atom. The third-order valence-electron chi connectivity index (χ3n) is 8.29. The first-order valence-electron chi connectivity index (χ1n) is 11.9. The molecule has 2 N–H and O–H groups in total. The molecule has 0 bridgehead atoms. The molecule has 5 heteroatoms. The van der Waals surface area contributed by atoms with Crippen molar-refractivity contribution in [1.29, 1.82) is 0 Å². The van der Waals surface area contributed by atoms with Crippen molar-refractivity contribution in [2.45, 2.75) is 77.7 Å². The van der Waals surface area contributed by atoms with Gasteiger partial charge in [-0.1, -0.05) is 52.3 Å². The van der Waals surface area contributed by atoms with E-state index in [1.165, 1.54) is 55.0 Å². The van der Waals surface area contributed by atoms with Gasteiger partial charge in [-0.05, 0) is 71.1 Å². The highest BCUT2D eigenvalue weighted by atomic mass is 16.6. The molecule has 2 aliphatic carbocycles. The number of nitrogens with zero attached hydrogens (tertiary/aromatic N) is 1. The first kappa shape index (κ1) is 22.8. The van der Waals surface area contributed by atoms with Crippen LogP contribution in [0.25, 0.3) is 0 Å². The van der Waals surface area contributed by atoms with Crippen molar-refractivity contribution in [3.8, 4) is 5.75 Å². The van der Waals surface area contributed by atoms with Crippen LogP contribution in [0.5, 0.6) is 5.75 Å². The minimum Gasteiger partial charge on any atom is -0.508 e. The van der Waals surface area contributed by atoms with Gasteiger partial charge in [-0.25, -0.2) is 0 Å². The predicted molar refractivity (Wildman–Crippen MR) is 128 cm³/mol. The van der Waals surface area contributed by atoms with Crippen LogP contribution in [0, 0.1) is 21.4 Å². The molecule has 172 valence electrons. The number of nitrogens with one attached hydrogen (secondary N) is 1. The second-order valence-corrected chi connectivity index (χ2v) is 10.8. The monoisotopic (exact) mass is 436 g/mol. The van der Waals surface area contributed by atoms with E-state index in [1.54, 1.807) is 5.56 Å². The van der Waals surface area contributed by atoms with E-state index in [0.717, 1.165) is 13.0 Å². The fourth-order valence-electron chi connectivity index (χ4n) is 6.52. The SMILES string of the molecule is CC(C)c1ccc2c(c1)CCC1C(C)(CNCc3cc([N+](=O)[O-])ccc3O)CCCC21C. The van der Waals surface area contributed by atoms with Crippen molar-refractivity contribution in [3.63, 3.8) is 0 Å². The third-order valence-corrected chi connectivity index (χ3v) is 8.29. The highest BCUT2D eigenvalue weighted by molar-refractivity contribution is 5.43. The molecule has 0 spiro atoms. The van der Waals surface area contributed by atoms with E-state index in [9.17, 15) is 15.2 Å².